The molecule has 0 unspecified atom stereocenters. The Morgan fingerprint density at radius 1 is 1.45 bits per heavy atom. The summed E-state index contributed by atoms with van der Waals surface area (Å²) in [5.74, 6) is 1.44. The lowest BCUT2D eigenvalue weighted by Gasteiger charge is -2.31. The van der Waals surface area contributed by atoms with Crippen LogP contribution in [0.15, 0.2) is 28.8 Å². The van der Waals surface area contributed by atoms with Gasteiger partial charge in [-0.2, -0.15) is 4.98 Å². The molecule has 0 bridgehead atoms. The molecular formula is C16H18ClN3O2. The van der Waals surface area contributed by atoms with E-state index in [2.05, 4.69) is 10.1 Å². The summed E-state index contributed by atoms with van der Waals surface area (Å²) >= 11 is 6.13. The molecule has 1 fully saturated rings. The number of carbonyl (C=O) groups is 1. The summed E-state index contributed by atoms with van der Waals surface area (Å²) < 4.78 is 5.18. The van der Waals surface area contributed by atoms with E-state index < -0.39 is 0 Å². The summed E-state index contributed by atoms with van der Waals surface area (Å²) in [6.07, 6.45) is 2.62. The zero-order valence-corrected chi connectivity index (χ0v) is 13.2. The van der Waals surface area contributed by atoms with Crippen LogP contribution < -0.4 is 0 Å². The Hall–Kier alpha value is -1.88. The van der Waals surface area contributed by atoms with Crippen LogP contribution in [0.4, 0.5) is 0 Å². The summed E-state index contributed by atoms with van der Waals surface area (Å²) in [4.78, 5) is 18.9. The van der Waals surface area contributed by atoms with Gasteiger partial charge in [-0.3, -0.25) is 4.79 Å². The molecule has 0 N–H and O–H groups in total. The predicted molar refractivity (Wildman–Crippen MR) is 83.0 cm³/mol. The Labute approximate surface area is 134 Å². The van der Waals surface area contributed by atoms with Gasteiger partial charge in [0, 0.05) is 25.4 Å². The van der Waals surface area contributed by atoms with E-state index in [4.69, 9.17) is 16.1 Å². The molecule has 0 spiro atoms. The van der Waals surface area contributed by atoms with Crippen molar-refractivity contribution < 1.29 is 9.32 Å². The van der Waals surface area contributed by atoms with Crippen molar-refractivity contribution in [1.82, 2.24) is 15.0 Å². The fourth-order valence-corrected chi connectivity index (χ4v) is 2.97. The van der Waals surface area contributed by atoms with E-state index >= 15 is 0 Å². The number of piperidine rings is 1. The summed E-state index contributed by atoms with van der Waals surface area (Å²) in [5.41, 5.74) is 0.548. The number of hydrogen-bond donors (Lipinski definition) is 0. The van der Waals surface area contributed by atoms with Crippen molar-refractivity contribution in [2.24, 2.45) is 0 Å². The first-order valence-corrected chi connectivity index (χ1v) is 7.93. The van der Waals surface area contributed by atoms with Gasteiger partial charge in [0.1, 0.15) is 0 Å². The fourth-order valence-electron chi connectivity index (χ4n) is 2.75. The second-order valence-electron chi connectivity index (χ2n) is 5.47. The Morgan fingerprint density at radius 3 is 3.00 bits per heavy atom. The molecule has 6 heteroatoms. The Kier molecular flexibility index (Phi) is 4.43. The molecule has 22 heavy (non-hydrogen) atoms. The molecule has 3 rings (SSSR count). The number of benzene rings is 1. The summed E-state index contributed by atoms with van der Waals surface area (Å²) in [7, 11) is 0. The second-order valence-corrected chi connectivity index (χ2v) is 5.88. The third kappa shape index (κ3) is 2.99. The maximum atomic E-state index is 12.6. The lowest BCUT2D eigenvalue weighted by molar-refractivity contribution is 0.0704. The third-order valence-electron chi connectivity index (χ3n) is 3.96. The Morgan fingerprint density at radius 2 is 2.27 bits per heavy atom. The van der Waals surface area contributed by atoms with Crippen molar-refractivity contribution in [3.8, 4) is 0 Å². The van der Waals surface area contributed by atoms with Crippen molar-refractivity contribution in [2.75, 3.05) is 13.1 Å². The van der Waals surface area contributed by atoms with Crippen LogP contribution in [0.2, 0.25) is 5.02 Å². The predicted octanol–water partition coefficient (Wildman–Crippen LogP) is 3.31. The van der Waals surface area contributed by atoms with Gasteiger partial charge < -0.3 is 9.42 Å². The number of likely N-dealkylation sites (tertiary alicyclic amines) is 1. The average Bonchev–Trinajstić information content (AvgIpc) is 3.04. The molecule has 116 valence electrons. The van der Waals surface area contributed by atoms with Gasteiger partial charge in [-0.25, -0.2) is 0 Å². The quantitative estimate of drug-likeness (QED) is 0.871. The zero-order chi connectivity index (χ0) is 15.5. The van der Waals surface area contributed by atoms with Crippen molar-refractivity contribution in [1.29, 1.82) is 0 Å². The fraction of sp³-hybridized carbons (Fsp3) is 0.438. The van der Waals surface area contributed by atoms with E-state index in [1.165, 1.54) is 0 Å². The molecule has 1 atom stereocenters. The monoisotopic (exact) mass is 319 g/mol. The van der Waals surface area contributed by atoms with Crippen molar-refractivity contribution in [3.63, 3.8) is 0 Å². The Balaban J connectivity index is 1.75. The molecule has 2 heterocycles. The molecule has 5 nitrogen and oxygen atoms in total. The van der Waals surface area contributed by atoms with E-state index in [1.807, 2.05) is 24.0 Å². The van der Waals surface area contributed by atoms with Crippen LogP contribution in [0.25, 0.3) is 0 Å². The van der Waals surface area contributed by atoms with E-state index in [-0.39, 0.29) is 11.8 Å². The molecule has 0 radical (unpaired) electrons. The number of hydrogen-bond acceptors (Lipinski definition) is 4. The second kappa shape index (κ2) is 6.48. The SMILES string of the molecule is CCc1nc([C@@H]2CCCN(C(=O)c3ccccc3Cl)C2)no1. The lowest BCUT2D eigenvalue weighted by atomic mass is 9.96. The molecule has 0 aliphatic carbocycles. The molecule has 0 saturated carbocycles. The van der Waals surface area contributed by atoms with Crippen LogP contribution in [-0.2, 0) is 6.42 Å². The summed E-state index contributed by atoms with van der Waals surface area (Å²) in [5, 5.41) is 4.53. The molecule has 1 amide bonds. The number of nitrogens with zero attached hydrogens (tertiary/aromatic N) is 3. The molecule has 1 aromatic heterocycles. The first-order valence-electron chi connectivity index (χ1n) is 7.55. The molecule has 1 aromatic carbocycles. The molecule has 1 aliphatic heterocycles. The number of aryl methyl sites for hydroxylation is 1. The zero-order valence-electron chi connectivity index (χ0n) is 12.5. The van der Waals surface area contributed by atoms with Gasteiger partial charge in [0.2, 0.25) is 5.89 Å². The molecule has 2 aromatic rings. The van der Waals surface area contributed by atoms with Gasteiger partial charge >= 0.3 is 0 Å². The van der Waals surface area contributed by atoms with E-state index in [9.17, 15) is 4.79 Å². The highest BCUT2D eigenvalue weighted by atomic mass is 35.5. The maximum absolute atomic E-state index is 12.6. The van der Waals surface area contributed by atoms with Gasteiger partial charge in [-0.1, -0.05) is 35.8 Å². The van der Waals surface area contributed by atoms with Gasteiger partial charge in [-0.05, 0) is 25.0 Å². The lowest BCUT2D eigenvalue weighted by Crippen LogP contribution is -2.39. The number of aromatic nitrogens is 2. The first kappa shape index (κ1) is 15.0. The van der Waals surface area contributed by atoms with E-state index in [0.29, 0.717) is 28.8 Å². The van der Waals surface area contributed by atoms with Crippen LogP contribution in [0, 0.1) is 0 Å². The smallest absolute Gasteiger partial charge is 0.255 e. The van der Waals surface area contributed by atoms with Gasteiger partial charge in [-0.15, -0.1) is 0 Å². The number of carbonyl (C=O) groups excluding carboxylic acids is 1. The number of halogens is 1. The minimum Gasteiger partial charge on any atom is -0.339 e. The highest BCUT2D eigenvalue weighted by Crippen LogP contribution is 2.27. The van der Waals surface area contributed by atoms with Crippen LogP contribution in [-0.4, -0.2) is 34.0 Å². The average molecular weight is 320 g/mol. The van der Waals surface area contributed by atoms with E-state index in [1.54, 1.807) is 12.1 Å². The van der Waals surface area contributed by atoms with Crippen LogP contribution in [0.3, 0.4) is 0 Å². The number of rotatable bonds is 3. The molecule has 1 saturated heterocycles. The van der Waals surface area contributed by atoms with Crippen molar-refractivity contribution in [2.45, 2.75) is 32.1 Å². The van der Waals surface area contributed by atoms with Gasteiger partial charge in [0.05, 0.1) is 10.6 Å². The normalized spacial score (nSPS) is 18.5. The molecule has 1 aliphatic rings. The summed E-state index contributed by atoms with van der Waals surface area (Å²) in [6, 6.07) is 7.15. The van der Waals surface area contributed by atoms with E-state index in [0.717, 1.165) is 25.8 Å². The van der Waals surface area contributed by atoms with Crippen LogP contribution in [0.1, 0.15) is 47.8 Å². The largest absolute Gasteiger partial charge is 0.339 e. The van der Waals surface area contributed by atoms with Crippen LogP contribution >= 0.6 is 11.6 Å². The van der Waals surface area contributed by atoms with Crippen molar-refractivity contribution >= 4 is 17.5 Å². The summed E-state index contributed by atoms with van der Waals surface area (Å²) in [6.45, 7) is 3.32. The standard InChI is InChI=1S/C16H18ClN3O2/c1-2-14-18-15(19-22-14)11-6-5-9-20(10-11)16(21)12-7-3-4-8-13(12)17/h3-4,7-8,11H,2,5-6,9-10H2,1H3/t11-/m1/s1. The maximum Gasteiger partial charge on any atom is 0.255 e. The topological polar surface area (TPSA) is 59.2 Å². The minimum atomic E-state index is -0.0329. The third-order valence-corrected chi connectivity index (χ3v) is 4.29. The van der Waals surface area contributed by atoms with Crippen molar-refractivity contribution in [3.05, 3.63) is 46.6 Å². The highest BCUT2D eigenvalue weighted by molar-refractivity contribution is 6.33. The molecular weight excluding hydrogens is 302 g/mol. The van der Waals surface area contributed by atoms with Gasteiger partial charge in [0.15, 0.2) is 5.82 Å². The highest BCUT2D eigenvalue weighted by Gasteiger charge is 2.29. The number of amides is 1. The van der Waals surface area contributed by atoms with Crippen LogP contribution in [0.5, 0.6) is 0 Å². The minimum absolute atomic E-state index is 0.0329. The Bertz CT molecular complexity index is 671. The first-order chi connectivity index (χ1) is 10.7. The van der Waals surface area contributed by atoms with Gasteiger partial charge in [0.25, 0.3) is 5.91 Å².